The molecule has 0 unspecified atom stereocenters. The van der Waals surface area contributed by atoms with E-state index >= 15 is 0 Å². The molecule has 0 saturated carbocycles. The smallest absolute Gasteiger partial charge is 0.262 e. The molecule has 9 heteroatoms. The minimum Gasteiger partial charge on any atom is -0.482 e. The highest BCUT2D eigenvalue weighted by Crippen LogP contribution is 2.38. The molecule has 2 fully saturated rings. The van der Waals surface area contributed by atoms with Gasteiger partial charge >= 0.3 is 0 Å². The zero-order valence-electron chi connectivity index (χ0n) is 14.4. The minimum absolute atomic E-state index is 0.0224. The number of sulfonamides is 1. The van der Waals surface area contributed by atoms with Gasteiger partial charge in [0.05, 0.1) is 10.7 Å². The first kappa shape index (κ1) is 18.0. The molecule has 1 atom stereocenters. The SMILES string of the molecule is O=C1COc2cc(S(=O)(=O)N3CCC[C@@H]3CN3CCCC3)c(Cl)cc2N1. The number of carbonyl (C=O) groups is 1. The number of ether oxygens (including phenoxy) is 1. The van der Waals surface area contributed by atoms with E-state index in [4.69, 9.17) is 16.3 Å². The Bertz CT molecular complexity index is 824. The molecule has 0 radical (unpaired) electrons. The Kier molecular flexibility index (Phi) is 4.85. The molecule has 4 rings (SSSR count). The average molecular weight is 400 g/mol. The van der Waals surface area contributed by atoms with Crippen LogP contribution < -0.4 is 10.1 Å². The number of carbonyl (C=O) groups excluding carboxylic acids is 1. The van der Waals surface area contributed by atoms with Crippen LogP contribution in [0.4, 0.5) is 5.69 Å². The predicted molar refractivity (Wildman–Crippen MR) is 98.2 cm³/mol. The van der Waals surface area contributed by atoms with Gasteiger partial charge in [-0.1, -0.05) is 11.6 Å². The minimum atomic E-state index is -3.73. The van der Waals surface area contributed by atoms with E-state index in [-0.39, 0.29) is 28.5 Å². The van der Waals surface area contributed by atoms with E-state index < -0.39 is 10.0 Å². The normalized spacial score (nSPS) is 24.3. The van der Waals surface area contributed by atoms with Crippen molar-refractivity contribution >= 4 is 33.2 Å². The van der Waals surface area contributed by atoms with Crippen LogP contribution in [0.3, 0.4) is 0 Å². The first-order chi connectivity index (χ1) is 12.4. The van der Waals surface area contributed by atoms with E-state index in [9.17, 15) is 13.2 Å². The van der Waals surface area contributed by atoms with Crippen LogP contribution in [0.2, 0.25) is 5.02 Å². The van der Waals surface area contributed by atoms with E-state index in [2.05, 4.69) is 10.2 Å². The van der Waals surface area contributed by atoms with Crippen LogP contribution in [0.15, 0.2) is 17.0 Å². The fourth-order valence-corrected chi connectivity index (χ4v) is 6.18. The molecule has 1 amide bonds. The summed E-state index contributed by atoms with van der Waals surface area (Å²) in [5.41, 5.74) is 0.403. The second-order valence-corrected chi connectivity index (χ2v) is 9.30. The van der Waals surface area contributed by atoms with E-state index in [1.165, 1.54) is 25.0 Å². The second-order valence-electron chi connectivity index (χ2n) is 7.04. The number of fused-ring (bicyclic) bond motifs is 1. The number of hydrogen-bond donors (Lipinski definition) is 1. The lowest BCUT2D eigenvalue weighted by Crippen LogP contribution is -2.42. The van der Waals surface area contributed by atoms with Gasteiger partial charge in [0.25, 0.3) is 5.91 Å². The maximum atomic E-state index is 13.3. The third-order valence-electron chi connectivity index (χ3n) is 5.24. The van der Waals surface area contributed by atoms with Crippen molar-refractivity contribution in [3.05, 3.63) is 17.2 Å². The van der Waals surface area contributed by atoms with Gasteiger partial charge in [-0.3, -0.25) is 4.79 Å². The van der Waals surface area contributed by atoms with Gasteiger partial charge in [0.1, 0.15) is 10.6 Å². The predicted octanol–water partition coefficient (Wildman–Crippen LogP) is 1.92. The van der Waals surface area contributed by atoms with Crippen molar-refractivity contribution in [2.45, 2.75) is 36.6 Å². The van der Waals surface area contributed by atoms with Gasteiger partial charge in [-0.05, 0) is 44.8 Å². The number of hydrogen-bond acceptors (Lipinski definition) is 5. The Labute approximate surface area is 158 Å². The molecule has 0 bridgehead atoms. The third kappa shape index (κ3) is 3.31. The van der Waals surface area contributed by atoms with E-state index in [1.807, 2.05) is 0 Å². The summed E-state index contributed by atoms with van der Waals surface area (Å²) < 4.78 is 33.5. The van der Waals surface area contributed by atoms with Gasteiger partial charge in [0.2, 0.25) is 10.0 Å². The highest BCUT2D eigenvalue weighted by Gasteiger charge is 2.38. The summed E-state index contributed by atoms with van der Waals surface area (Å²) in [6.45, 7) is 3.23. The molecule has 0 aliphatic carbocycles. The molecule has 142 valence electrons. The third-order valence-corrected chi connectivity index (χ3v) is 7.66. The Morgan fingerprint density at radius 2 is 1.96 bits per heavy atom. The Morgan fingerprint density at radius 1 is 1.19 bits per heavy atom. The molecule has 1 N–H and O–H groups in total. The summed E-state index contributed by atoms with van der Waals surface area (Å²) in [5, 5.41) is 2.74. The Morgan fingerprint density at radius 3 is 2.73 bits per heavy atom. The lowest BCUT2D eigenvalue weighted by Gasteiger charge is -2.28. The molecule has 26 heavy (non-hydrogen) atoms. The van der Waals surface area contributed by atoms with Gasteiger partial charge in [-0.15, -0.1) is 0 Å². The molecule has 1 aromatic rings. The van der Waals surface area contributed by atoms with Gasteiger partial charge in [0.15, 0.2) is 6.61 Å². The molecule has 3 aliphatic heterocycles. The summed E-state index contributed by atoms with van der Waals surface area (Å²) in [6.07, 6.45) is 4.08. The van der Waals surface area contributed by atoms with E-state index in [0.717, 1.165) is 32.5 Å². The number of amides is 1. The molecule has 3 aliphatic rings. The van der Waals surface area contributed by atoms with Crippen molar-refractivity contribution in [2.75, 3.05) is 38.1 Å². The van der Waals surface area contributed by atoms with E-state index in [0.29, 0.717) is 18.0 Å². The number of likely N-dealkylation sites (tertiary alicyclic amines) is 1. The number of nitrogens with zero attached hydrogens (tertiary/aromatic N) is 2. The summed E-state index contributed by atoms with van der Waals surface area (Å²) in [5.74, 6) is 0.0530. The maximum absolute atomic E-state index is 13.3. The summed E-state index contributed by atoms with van der Waals surface area (Å²) in [4.78, 5) is 13.8. The average Bonchev–Trinajstić information content (AvgIpc) is 3.26. The first-order valence-corrected chi connectivity index (χ1v) is 10.8. The van der Waals surface area contributed by atoms with Crippen molar-refractivity contribution in [1.29, 1.82) is 0 Å². The van der Waals surface area contributed by atoms with Crippen LogP contribution in [-0.4, -0.2) is 62.4 Å². The number of benzene rings is 1. The van der Waals surface area contributed by atoms with Crippen LogP contribution in [-0.2, 0) is 14.8 Å². The van der Waals surface area contributed by atoms with Crippen molar-refractivity contribution < 1.29 is 17.9 Å². The molecule has 7 nitrogen and oxygen atoms in total. The largest absolute Gasteiger partial charge is 0.482 e. The zero-order chi connectivity index (χ0) is 18.3. The molecule has 0 spiro atoms. The van der Waals surface area contributed by atoms with Crippen LogP contribution in [0.1, 0.15) is 25.7 Å². The summed E-state index contributed by atoms with van der Waals surface area (Å²) in [6, 6.07) is 2.86. The maximum Gasteiger partial charge on any atom is 0.262 e. The molecule has 2 saturated heterocycles. The van der Waals surface area contributed by atoms with Gasteiger partial charge in [-0.2, -0.15) is 4.31 Å². The first-order valence-electron chi connectivity index (χ1n) is 8.95. The van der Waals surface area contributed by atoms with Crippen LogP contribution in [0.25, 0.3) is 0 Å². The van der Waals surface area contributed by atoms with Crippen molar-refractivity contribution in [1.82, 2.24) is 9.21 Å². The summed E-state index contributed by atoms with van der Waals surface area (Å²) in [7, 11) is -3.73. The number of halogens is 1. The van der Waals surface area contributed by atoms with Crippen LogP contribution >= 0.6 is 11.6 Å². The van der Waals surface area contributed by atoms with Gasteiger partial charge in [-0.25, -0.2) is 8.42 Å². The fraction of sp³-hybridized carbons (Fsp3) is 0.588. The number of rotatable bonds is 4. The van der Waals surface area contributed by atoms with Crippen molar-refractivity contribution in [2.24, 2.45) is 0 Å². The Balaban J connectivity index is 1.62. The fourth-order valence-electron chi connectivity index (χ4n) is 3.98. The van der Waals surface area contributed by atoms with Crippen LogP contribution in [0, 0.1) is 0 Å². The topological polar surface area (TPSA) is 79.0 Å². The molecular weight excluding hydrogens is 378 g/mol. The lowest BCUT2D eigenvalue weighted by atomic mass is 10.2. The number of anilines is 1. The van der Waals surface area contributed by atoms with Crippen molar-refractivity contribution in [3.8, 4) is 5.75 Å². The van der Waals surface area contributed by atoms with Gasteiger partial charge in [0, 0.05) is 25.2 Å². The lowest BCUT2D eigenvalue weighted by molar-refractivity contribution is -0.118. The van der Waals surface area contributed by atoms with Gasteiger partial charge < -0.3 is 15.0 Å². The standard InChI is InChI=1S/C17H22ClN3O4S/c18-13-8-14-15(25-11-17(22)19-14)9-16(13)26(23,24)21-7-3-4-12(21)10-20-5-1-2-6-20/h8-9,12H,1-7,10-11H2,(H,19,22)/t12-/m1/s1. The van der Waals surface area contributed by atoms with Crippen molar-refractivity contribution in [3.63, 3.8) is 0 Å². The zero-order valence-corrected chi connectivity index (χ0v) is 16.0. The Hall–Kier alpha value is -1.35. The molecule has 3 heterocycles. The quantitative estimate of drug-likeness (QED) is 0.836. The highest BCUT2D eigenvalue weighted by molar-refractivity contribution is 7.89. The molecule has 0 aromatic heterocycles. The summed E-state index contributed by atoms with van der Waals surface area (Å²) >= 11 is 6.27. The number of nitrogens with one attached hydrogen (secondary N) is 1. The highest BCUT2D eigenvalue weighted by atomic mass is 35.5. The van der Waals surface area contributed by atoms with Crippen LogP contribution in [0.5, 0.6) is 5.75 Å². The monoisotopic (exact) mass is 399 g/mol. The van der Waals surface area contributed by atoms with E-state index in [1.54, 1.807) is 4.31 Å². The molecular formula is C17H22ClN3O4S. The molecule has 1 aromatic carbocycles. The second kappa shape index (κ2) is 6.99.